The molecule has 1 atom stereocenters. The van der Waals surface area contributed by atoms with Gasteiger partial charge >= 0.3 is 5.97 Å². The molecule has 2 N–H and O–H groups in total. The van der Waals surface area contributed by atoms with Gasteiger partial charge < -0.3 is 14.8 Å². The van der Waals surface area contributed by atoms with E-state index in [1.165, 1.54) is 6.92 Å². The fourth-order valence-electron chi connectivity index (χ4n) is 1.75. The van der Waals surface area contributed by atoms with Crippen LogP contribution in [0.4, 0.5) is 0 Å². The van der Waals surface area contributed by atoms with E-state index in [1.807, 2.05) is 9.47 Å². The number of aliphatic carboxylic acids is 1. The van der Waals surface area contributed by atoms with Crippen molar-refractivity contribution in [2.75, 3.05) is 13.1 Å². The molecule has 1 aromatic rings. The van der Waals surface area contributed by atoms with Gasteiger partial charge in [0.1, 0.15) is 12.2 Å². The number of aliphatic hydroxyl groups is 1. The van der Waals surface area contributed by atoms with Crippen molar-refractivity contribution in [3.8, 4) is 0 Å². The van der Waals surface area contributed by atoms with E-state index in [4.69, 9.17) is 5.11 Å². The fourth-order valence-corrected chi connectivity index (χ4v) is 1.75. The molecule has 0 saturated heterocycles. The number of rotatable bonds is 3. The Kier molecular flexibility index (Phi) is 2.64. The summed E-state index contributed by atoms with van der Waals surface area (Å²) in [5, 5.41) is 26.2. The number of aromatic nitrogens is 3. The predicted octanol–water partition coefficient (Wildman–Crippen LogP) is -1.07. The Hall–Kier alpha value is -1.47. The van der Waals surface area contributed by atoms with Crippen LogP contribution in [0.25, 0.3) is 0 Å². The van der Waals surface area contributed by atoms with Crippen LogP contribution < -0.4 is 0 Å². The number of hydrogen-bond donors (Lipinski definition) is 2. The van der Waals surface area contributed by atoms with Gasteiger partial charge in [0.25, 0.3) is 0 Å². The van der Waals surface area contributed by atoms with E-state index < -0.39 is 11.6 Å². The van der Waals surface area contributed by atoms with Crippen LogP contribution in [-0.2, 0) is 17.9 Å². The van der Waals surface area contributed by atoms with Gasteiger partial charge in [-0.05, 0) is 6.92 Å². The van der Waals surface area contributed by atoms with Crippen molar-refractivity contribution < 1.29 is 15.0 Å². The molecule has 0 bridgehead atoms. The second kappa shape index (κ2) is 3.84. The molecule has 7 nitrogen and oxygen atoms in total. The second-order valence-corrected chi connectivity index (χ2v) is 4.23. The summed E-state index contributed by atoms with van der Waals surface area (Å²) >= 11 is 0. The van der Waals surface area contributed by atoms with Gasteiger partial charge in [0.05, 0.1) is 6.54 Å². The summed E-state index contributed by atoms with van der Waals surface area (Å²) in [7, 11) is 0. The Bertz CT molecular complexity index is 401. The molecular formula is C9H14N4O3. The van der Waals surface area contributed by atoms with Crippen LogP contribution in [-0.4, -0.2) is 54.5 Å². The molecule has 88 valence electrons. The maximum absolute atomic E-state index is 10.8. The second-order valence-electron chi connectivity index (χ2n) is 4.23. The zero-order valence-electron chi connectivity index (χ0n) is 9.00. The first-order chi connectivity index (χ1) is 7.49. The third kappa shape index (κ3) is 2.05. The molecule has 0 radical (unpaired) electrons. The Balaban J connectivity index is 2.02. The van der Waals surface area contributed by atoms with Crippen LogP contribution in [0.1, 0.15) is 12.7 Å². The van der Waals surface area contributed by atoms with Crippen LogP contribution in [0.2, 0.25) is 0 Å². The maximum Gasteiger partial charge on any atom is 0.336 e. The van der Waals surface area contributed by atoms with E-state index in [0.29, 0.717) is 13.1 Å². The van der Waals surface area contributed by atoms with Crippen molar-refractivity contribution in [2.45, 2.75) is 25.6 Å². The molecule has 0 spiro atoms. The minimum Gasteiger partial charge on any atom is -0.479 e. The number of nitrogens with zero attached hydrogens (tertiary/aromatic N) is 4. The van der Waals surface area contributed by atoms with Gasteiger partial charge in [-0.3, -0.25) is 4.90 Å². The number of fused-ring (bicyclic) bond motifs is 1. The van der Waals surface area contributed by atoms with E-state index >= 15 is 0 Å². The van der Waals surface area contributed by atoms with Crippen molar-refractivity contribution >= 4 is 5.97 Å². The number of carbonyl (C=O) groups is 1. The van der Waals surface area contributed by atoms with Gasteiger partial charge in [0.15, 0.2) is 5.60 Å². The lowest BCUT2D eigenvalue weighted by molar-refractivity contribution is -0.158. The number of hydrogen-bond acceptors (Lipinski definition) is 5. The molecule has 7 heteroatoms. The molecule has 0 aliphatic carbocycles. The number of β-amino-alcohol motifs (C(OH)–C–C–N with tert-alkyl or cyclic N) is 1. The smallest absolute Gasteiger partial charge is 0.336 e. The molecule has 0 aromatic carbocycles. The average molecular weight is 226 g/mol. The lowest BCUT2D eigenvalue weighted by Gasteiger charge is -2.31. The normalized spacial score (nSPS) is 20.1. The van der Waals surface area contributed by atoms with Gasteiger partial charge in [-0.15, -0.1) is 10.2 Å². The third-order valence-electron chi connectivity index (χ3n) is 2.71. The highest BCUT2D eigenvalue weighted by Crippen LogP contribution is 2.13. The van der Waals surface area contributed by atoms with Crippen molar-refractivity contribution in [2.24, 2.45) is 0 Å². The average Bonchev–Trinajstić information content (AvgIpc) is 2.63. The van der Waals surface area contributed by atoms with Gasteiger partial charge in [0.2, 0.25) is 0 Å². The maximum atomic E-state index is 10.8. The summed E-state index contributed by atoms with van der Waals surface area (Å²) in [4.78, 5) is 12.6. The molecule has 1 aromatic heterocycles. The van der Waals surface area contributed by atoms with Crippen LogP contribution in [0.5, 0.6) is 0 Å². The first kappa shape index (κ1) is 11.0. The molecule has 1 unspecified atom stereocenters. The quantitative estimate of drug-likeness (QED) is 0.682. The Morgan fingerprint density at radius 3 is 3.06 bits per heavy atom. The van der Waals surface area contributed by atoms with Gasteiger partial charge in [-0.1, -0.05) is 0 Å². The summed E-state index contributed by atoms with van der Waals surface area (Å²) < 4.78 is 1.92. The first-order valence-corrected chi connectivity index (χ1v) is 5.04. The standard InChI is InChI=1S/C9H14N4O3/c1-9(16,8(14)15)5-12-2-3-13-6-10-11-7(13)4-12/h6,16H,2-5H2,1H3,(H,14,15). The Labute approximate surface area is 92.3 Å². The highest BCUT2D eigenvalue weighted by atomic mass is 16.4. The molecule has 0 amide bonds. The van der Waals surface area contributed by atoms with Crippen LogP contribution in [0, 0.1) is 0 Å². The highest BCUT2D eigenvalue weighted by Gasteiger charge is 2.33. The molecule has 16 heavy (non-hydrogen) atoms. The lowest BCUT2D eigenvalue weighted by atomic mass is 10.1. The van der Waals surface area contributed by atoms with Crippen LogP contribution in [0.3, 0.4) is 0 Å². The summed E-state index contributed by atoms with van der Waals surface area (Å²) in [6.07, 6.45) is 1.65. The summed E-state index contributed by atoms with van der Waals surface area (Å²) in [5.41, 5.74) is -1.72. The molecule has 2 rings (SSSR count). The van der Waals surface area contributed by atoms with E-state index in [0.717, 1.165) is 12.4 Å². The Morgan fingerprint density at radius 1 is 1.62 bits per heavy atom. The van der Waals surface area contributed by atoms with E-state index in [-0.39, 0.29) is 6.54 Å². The minimum absolute atomic E-state index is 0.0925. The van der Waals surface area contributed by atoms with Crippen molar-refractivity contribution in [1.29, 1.82) is 0 Å². The third-order valence-corrected chi connectivity index (χ3v) is 2.71. The summed E-state index contributed by atoms with van der Waals surface area (Å²) in [6.45, 7) is 3.32. The van der Waals surface area contributed by atoms with Gasteiger partial charge in [-0.25, -0.2) is 4.79 Å². The zero-order valence-corrected chi connectivity index (χ0v) is 9.00. The monoisotopic (exact) mass is 226 g/mol. The molecule has 1 aliphatic rings. The number of carboxylic acids is 1. The molecule has 1 aliphatic heterocycles. The van der Waals surface area contributed by atoms with Crippen molar-refractivity contribution in [3.63, 3.8) is 0 Å². The van der Waals surface area contributed by atoms with E-state index in [2.05, 4.69) is 10.2 Å². The lowest BCUT2D eigenvalue weighted by Crippen LogP contribution is -2.48. The SMILES string of the molecule is CC(O)(CN1CCn2cnnc2C1)C(=O)O. The highest BCUT2D eigenvalue weighted by molar-refractivity contribution is 5.76. The molecular weight excluding hydrogens is 212 g/mol. The van der Waals surface area contributed by atoms with Crippen molar-refractivity contribution in [3.05, 3.63) is 12.2 Å². The topological polar surface area (TPSA) is 91.5 Å². The van der Waals surface area contributed by atoms with Crippen LogP contribution in [0.15, 0.2) is 6.33 Å². The molecule has 0 saturated carbocycles. The predicted molar refractivity (Wildman–Crippen MR) is 53.6 cm³/mol. The summed E-state index contributed by atoms with van der Waals surface area (Å²) in [5.74, 6) is -0.410. The van der Waals surface area contributed by atoms with Gasteiger partial charge in [0, 0.05) is 19.6 Å². The van der Waals surface area contributed by atoms with Crippen molar-refractivity contribution in [1.82, 2.24) is 19.7 Å². The van der Waals surface area contributed by atoms with Crippen LogP contribution >= 0.6 is 0 Å². The van der Waals surface area contributed by atoms with Gasteiger partial charge in [-0.2, -0.15) is 0 Å². The van der Waals surface area contributed by atoms with E-state index in [9.17, 15) is 9.90 Å². The van der Waals surface area contributed by atoms with E-state index in [1.54, 1.807) is 6.33 Å². The fraction of sp³-hybridized carbons (Fsp3) is 0.667. The number of carboxylic acid groups (broad SMARTS) is 1. The summed E-state index contributed by atoms with van der Waals surface area (Å²) in [6, 6.07) is 0. The Morgan fingerprint density at radius 2 is 2.38 bits per heavy atom. The first-order valence-electron chi connectivity index (χ1n) is 5.04. The largest absolute Gasteiger partial charge is 0.479 e. The zero-order chi connectivity index (χ0) is 11.8. The molecule has 0 fully saturated rings. The minimum atomic E-state index is -1.72. The molecule has 2 heterocycles.